The number of anilines is 1. The van der Waals surface area contributed by atoms with Gasteiger partial charge in [0, 0.05) is 18.4 Å². The lowest BCUT2D eigenvalue weighted by Gasteiger charge is -2.13. The average molecular weight is 284 g/mol. The summed E-state index contributed by atoms with van der Waals surface area (Å²) in [6.07, 6.45) is 2.62. The Balaban J connectivity index is 1.87. The molecule has 1 heterocycles. The van der Waals surface area contributed by atoms with Gasteiger partial charge in [0.25, 0.3) is 0 Å². The molecule has 1 aromatic heterocycles. The number of carbonyl (C=O) groups is 1. The van der Waals surface area contributed by atoms with Gasteiger partial charge >= 0.3 is 5.97 Å². The third kappa shape index (κ3) is 4.31. The van der Waals surface area contributed by atoms with E-state index < -0.39 is 5.97 Å². The van der Waals surface area contributed by atoms with E-state index in [9.17, 15) is 4.79 Å². The molecule has 0 radical (unpaired) electrons. The first-order valence-electron chi connectivity index (χ1n) is 7.04. The van der Waals surface area contributed by atoms with Crippen LogP contribution in [0.25, 0.3) is 0 Å². The molecule has 0 fully saturated rings. The van der Waals surface area contributed by atoms with E-state index in [0.29, 0.717) is 11.6 Å². The van der Waals surface area contributed by atoms with Crippen LogP contribution in [-0.2, 0) is 4.74 Å². The fourth-order valence-electron chi connectivity index (χ4n) is 2.14. The van der Waals surface area contributed by atoms with Crippen molar-refractivity contribution in [3.8, 4) is 0 Å². The van der Waals surface area contributed by atoms with E-state index >= 15 is 0 Å². The van der Waals surface area contributed by atoms with E-state index in [1.165, 1.54) is 12.7 Å². The molecular formula is C17H20N2O2. The summed E-state index contributed by atoms with van der Waals surface area (Å²) < 4.78 is 4.66. The van der Waals surface area contributed by atoms with Crippen LogP contribution in [0.4, 0.5) is 5.69 Å². The molecule has 2 rings (SSSR count). The van der Waals surface area contributed by atoms with Gasteiger partial charge in [-0.3, -0.25) is 0 Å². The second-order valence-electron chi connectivity index (χ2n) is 4.95. The molecule has 0 aliphatic rings. The number of esters is 1. The van der Waals surface area contributed by atoms with E-state index in [-0.39, 0.29) is 0 Å². The van der Waals surface area contributed by atoms with Crippen LogP contribution in [-0.4, -0.2) is 24.6 Å². The Kier molecular flexibility index (Phi) is 5.32. The standard InChI is InChI=1S/C17H20N2O2/c1-13(14-6-4-3-5-7-14)8-10-18-15-9-11-19-16(12-15)17(20)21-2/h3-7,9,11-13H,8,10H2,1-2H3,(H,18,19). The summed E-state index contributed by atoms with van der Waals surface area (Å²) in [4.78, 5) is 15.4. The van der Waals surface area contributed by atoms with Crippen LogP contribution in [0.1, 0.15) is 35.3 Å². The molecule has 0 bridgehead atoms. The van der Waals surface area contributed by atoms with Crippen LogP contribution in [0.3, 0.4) is 0 Å². The molecule has 1 atom stereocenters. The highest BCUT2D eigenvalue weighted by Crippen LogP contribution is 2.18. The topological polar surface area (TPSA) is 51.2 Å². The maximum absolute atomic E-state index is 11.4. The molecule has 0 saturated carbocycles. The van der Waals surface area contributed by atoms with Crippen LogP contribution in [0.15, 0.2) is 48.7 Å². The highest BCUT2D eigenvalue weighted by molar-refractivity contribution is 5.88. The normalized spacial score (nSPS) is 11.7. The maximum Gasteiger partial charge on any atom is 0.356 e. The zero-order chi connectivity index (χ0) is 15.1. The van der Waals surface area contributed by atoms with E-state index in [4.69, 9.17) is 0 Å². The predicted octanol–water partition coefficient (Wildman–Crippen LogP) is 3.47. The minimum atomic E-state index is -0.420. The van der Waals surface area contributed by atoms with Gasteiger partial charge in [-0.05, 0) is 30.0 Å². The minimum Gasteiger partial charge on any atom is -0.464 e. The number of hydrogen-bond donors (Lipinski definition) is 1. The van der Waals surface area contributed by atoms with Gasteiger partial charge in [-0.15, -0.1) is 0 Å². The number of hydrogen-bond acceptors (Lipinski definition) is 4. The lowest BCUT2D eigenvalue weighted by Crippen LogP contribution is -2.08. The first-order valence-corrected chi connectivity index (χ1v) is 7.04. The van der Waals surface area contributed by atoms with Crippen LogP contribution < -0.4 is 5.32 Å². The van der Waals surface area contributed by atoms with Crippen molar-refractivity contribution < 1.29 is 9.53 Å². The Labute approximate surface area is 125 Å². The van der Waals surface area contributed by atoms with Crippen molar-refractivity contribution in [2.75, 3.05) is 19.0 Å². The van der Waals surface area contributed by atoms with Crippen molar-refractivity contribution in [3.05, 3.63) is 59.9 Å². The monoisotopic (exact) mass is 284 g/mol. The number of aromatic nitrogens is 1. The molecule has 2 aromatic rings. The quantitative estimate of drug-likeness (QED) is 0.825. The zero-order valence-corrected chi connectivity index (χ0v) is 12.4. The number of rotatable bonds is 6. The summed E-state index contributed by atoms with van der Waals surface area (Å²) in [6.45, 7) is 3.05. The number of pyridine rings is 1. The number of ether oxygens (including phenoxy) is 1. The molecule has 0 amide bonds. The van der Waals surface area contributed by atoms with Gasteiger partial charge in [0.2, 0.25) is 0 Å². The minimum absolute atomic E-state index is 0.318. The summed E-state index contributed by atoms with van der Waals surface area (Å²) in [6, 6.07) is 14.0. The number of carbonyl (C=O) groups excluding carboxylic acids is 1. The third-order valence-corrected chi connectivity index (χ3v) is 3.43. The van der Waals surface area contributed by atoms with Gasteiger partial charge in [-0.25, -0.2) is 9.78 Å². The van der Waals surface area contributed by atoms with Crippen LogP contribution >= 0.6 is 0 Å². The van der Waals surface area contributed by atoms with Crippen LogP contribution in [0.2, 0.25) is 0 Å². The Morgan fingerprint density at radius 2 is 2.05 bits per heavy atom. The molecular weight excluding hydrogens is 264 g/mol. The molecule has 4 nitrogen and oxygen atoms in total. The molecule has 1 unspecified atom stereocenters. The molecule has 0 saturated heterocycles. The molecule has 110 valence electrons. The fraction of sp³-hybridized carbons (Fsp3) is 0.294. The fourth-order valence-corrected chi connectivity index (χ4v) is 2.14. The number of nitrogens with zero attached hydrogens (tertiary/aromatic N) is 1. The summed E-state index contributed by atoms with van der Waals surface area (Å²) in [5.74, 6) is 0.0666. The zero-order valence-electron chi connectivity index (χ0n) is 12.4. The molecule has 0 aliphatic heterocycles. The highest BCUT2D eigenvalue weighted by atomic mass is 16.5. The van der Waals surface area contributed by atoms with Gasteiger partial charge in [0.1, 0.15) is 5.69 Å². The Morgan fingerprint density at radius 3 is 2.76 bits per heavy atom. The van der Waals surface area contributed by atoms with Crippen LogP contribution in [0.5, 0.6) is 0 Å². The summed E-state index contributed by atoms with van der Waals surface area (Å²) in [5.41, 5.74) is 2.54. The number of methoxy groups -OCH3 is 1. The smallest absolute Gasteiger partial charge is 0.356 e. The molecule has 1 aromatic carbocycles. The summed E-state index contributed by atoms with van der Waals surface area (Å²) in [7, 11) is 1.35. The average Bonchev–Trinajstić information content (AvgIpc) is 2.55. The van der Waals surface area contributed by atoms with E-state index in [2.05, 4.69) is 46.2 Å². The number of benzene rings is 1. The van der Waals surface area contributed by atoms with Crippen molar-refractivity contribution in [1.82, 2.24) is 4.98 Å². The highest BCUT2D eigenvalue weighted by Gasteiger charge is 2.08. The maximum atomic E-state index is 11.4. The van der Waals surface area contributed by atoms with Crippen LogP contribution in [0, 0.1) is 0 Å². The third-order valence-electron chi connectivity index (χ3n) is 3.43. The number of nitrogens with one attached hydrogen (secondary N) is 1. The van der Waals surface area contributed by atoms with Gasteiger partial charge < -0.3 is 10.1 Å². The SMILES string of the molecule is COC(=O)c1cc(NCCC(C)c2ccccc2)ccn1. The van der Waals surface area contributed by atoms with E-state index in [0.717, 1.165) is 18.7 Å². The first kappa shape index (κ1) is 15.0. The Bertz CT molecular complexity index is 584. The van der Waals surface area contributed by atoms with Crippen molar-refractivity contribution in [1.29, 1.82) is 0 Å². The molecule has 1 N–H and O–H groups in total. The Morgan fingerprint density at radius 1 is 1.29 bits per heavy atom. The lowest BCUT2D eigenvalue weighted by molar-refractivity contribution is 0.0594. The Hall–Kier alpha value is -2.36. The predicted molar refractivity (Wildman–Crippen MR) is 83.5 cm³/mol. The van der Waals surface area contributed by atoms with Crippen molar-refractivity contribution >= 4 is 11.7 Å². The summed E-state index contributed by atoms with van der Waals surface area (Å²) in [5, 5.41) is 3.32. The molecule has 21 heavy (non-hydrogen) atoms. The molecule has 4 heteroatoms. The van der Waals surface area contributed by atoms with Gasteiger partial charge in [-0.2, -0.15) is 0 Å². The van der Waals surface area contributed by atoms with Crippen molar-refractivity contribution in [3.63, 3.8) is 0 Å². The summed E-state index contributed by atoms with van der Waals surface area (Å²) >= 11 is 0. The van der Waals surface area contributed by atoms with E-state index in [1.54, 1.807) is 12.3 Å². The second-order valence-corrected chi connectivity index (χ2v) is 4.95. The first-order chi connectivity index (χ1) is 10.2. The van der Waals surface area contributed by atoms with Crippen molar-refractivity contribution in [2.45, 2.75) is 19.3 Å². The molecule has 0 spiro atoms. The lowest BCUT2D eigenvalue weighted by atomic mass is 9.98. The largest absolute Gasteiger partial charge is 0.464 e. The second kappa shape index (κ2) is 7.43. The van der Waals surface area contributed by atoms with Crippen molar-refractivity contribution in [2.24, 2.45) is 0 Å². The van der Waals surface area contributed by atoms with Gasteiger partial charge in [-0.1, -0.05) is 37.3 Å². The van der Waals surface area contributed by atoms with E-state index in [1.807, 2.05) is 12.1 Å². The van der Waals surface area contributed by atoms with Gasteiger partial charge in [0.05, 0.1) is 7.11 Å². The molecule has 0 aliphatic carbocycles. The van der Waals surface area contributed by atoms with Gasteiger partial charge in [0.15, 0.2) is 0 Å².